The van der Waals surface area contributed by atoms with Gasteiger partial charge in [-0.15, -0.1) is 0 Å². The summed E-state index contributed by atoms with van der Waals surface area (Å²) in [6.07, 6.45) is 0. The van der Waals surface area contributed by atoms with Crippen molar-refractivity contribution in [1.29, 1.82) is 0 Å². The number of methoxy groups -OCH3 is 1. The van der Waals surface area contributed by atoms with Crippen molar-refractivity contribution in [2.75, 3.05) is 7.11 Å². The molecule has 0 aliphatic heterocycles. The van der Waals surface area contributed by atoms with Gasteiger partial charge in [0.15, 0.2) is 0 Å². The van der Waals surface area contributed by atoms with Gasteiger partial charge in [-0.2, -0.15) is 0 Å². The van der Waals surface area contributed by atoms with Crippen LogP contribution in [0.15, 0.2) is 115 Å². The molecule has 1 aromatic heterocycles. The third-order valence-corrected chi connectivity index (χ3v) is 6.04. The summed E-state index contributed by atoms with van der Waals surface area (Å²) in [5, 5.41) is 0.483. The number of hydrogen-bond donors (Lipinski definition) is 0. The molecule has 5 rings (SSSR count). The largest absolute Gasteiger partial charge is 0.465 e. The first-order valence-corrected chi connectivity index (χ1v) is 11.4. The Labute approximate surface area is 203 Å². The molecule has 4 heteroatoms. The molecule has 5 aromatic rings. The van der Waals surface area contributed by atoms with Crippen molar-refractivity contribution in [1.82, 2.24) is 4.57 Å². The maximum absolute atomic E-state index is 12.8. The highest BCUT2D eigenvalue weighted by Crippen LogP contribution is 2.42. The average Bonchev–Trinajstić information content (AvgIpc) is 3.30. The van der Waals surface area contributed by atoms with E-state index < -0.39 is 5.97 Å². The lowest BCUT2D eigenvalue weighted by atomic mass is 9.96. The van der Waals surface area contributed by atoms with Gasteiger partial charge in [0, 0.05) is 16.3 Å². The normalized spacial score (nSPS) is 10.8. The van der Waals surface area contributed by atoms with E-state index in [1.807, 2.05) is 60.7 Å². The van der Waals surface area contributed by atoms with Crippen molar-refractivity contribution >= 4 is 17.6 Å². The molecule has 0 spiro atoms. The van der Waals surface area contributed by atoms with E-state index in [-0.39, 0.29) is 0 Å². The Morgan fingerprint density at radius 1 is 0.706 bits per heavy atom. The summed E-state index contributed by atoms with van der Waals surface area (Å²) >= 11 is 6.28. The summed E-state index contributed by atoms with van der Waals surface area (Å²) < 4.78 is 7.35. The highest BCUT2D eigenvalue weighted by Gasteiger charge is 2.24. The molecule has 0 bridgehead atoms. The second kappa shape index (κ2) is 9.42. The number of nitrogens with zero attached hydrogens (tertiary/aromatic N) is 1. The fourth-order valence-corrected chi connectivity index (χ4v) is 4.47. The quantitative estimate of drug-likeness (QED) is 0.248. The second-order valence-electron chi connectivity index (χ2n) is 7.88. The molecule has 0 saturated heterocycles. The van der Waals surface area contributed by atoms with Gasteiger partial charge in [0.1, 0.15) is 0 Å². The Bertz CT molecular complexity index is 1440. The number of carbonyl (C=O) groups excluding carboxylic acids is 1. The molecule has 4 aromatic carbocycles. The van der Waals surface area contributed by atoms with Gasteiger partial charge in [0.05, 0.1) is 24.1 Å². The molecule has 0 amide bonds. The number of esters is 1. The van der Waals surface area contributed by atoms with Crippen LogP contribution in [0, 0.1) is 0 Å². The first kappa shape index (κ1) is 21.7. The van der Waals surface area contributed by atoms with Gasteiger partial charge in [-0.25, -0.2) is 4.79 Å². The van der Waals surface area contributed by atoms with Gasteiger partial charge in [-0.3, -0.25) is 0 Å². The summed E-state index contributed by atoms with van der Waals surface area (Å²) in [5.74, 6) is -0.426. The van der Waals surface area contributed by atoms with Crippen LogP contribution in [0.1, 0.15) is 10.4 Å². The van der Waals surface area contributed by atoms with E-state index in [1.54, 1.807) is 12.1 Å². The molecular weight excluding hydrogens is 442 g/mol. The Kier molecular flexibility index (Phi) is 6.03. The zero-order chi connectivity index (χ0) is 23.5. The average molecular weight is 464 g/mol. The van der Waals surface area contributed by atoms with E-state index in [4.69, 9.17) is 16.3 Å². The number of aromatic nitrogens is 1. The SMILES string of the molecule is COC(=O)c1cc(Cl)ccc1-c1cc(-c2ccccc2)n(-c2ccccc2)c1-c1ccccc1. The van der Waals surface area contributed by atoms with Crippen molar-refractivity contribution in [3.63, 3.8) is 0 Å². The van der Waals surface area contributed by atoms with Crippen molar-refractivity contribution in [2.24, 2.45) is 0 Å². The number of halogens is 1. The fourth-order valence-electron chi connectivity index (χ4n) is 4.29. The fraction of sp³-hybridized carbons (Fsp3) is 0.0333. The summed E-state index contributed by atoms with van der Waals surface area (Å²) in [7, 11) is 1.38. The van der Waals surface area contributed by atoms with Crippen LogP contribution in [0.5, 0.6) is 0 Å². The predicted octanol–water partition coefficient (Wildman–Crippen LogP) is 7.92. The Morgan fingerprint density at radius 3 is 1.91 bits per heavy atom. The van der Waals surface area contributed by atoms with Crippen LogP contribution in [-0.2, 0) is 4.74 Å². The lowest BCUT2D eigenvalue weighted by molar-refractivity contribution is 0.0601. The molecule has 0 aliphatic rings. The number of rotatable bonds is 5. The van der Waals surface area contributed by atoms with E-state index in [2.05, 4.69) is 47.0 Å². The molecule has 166 valence electrons. The third-order valence-electron chi connectivity index (χ3n) is 5.81. The van der Waals surface area contributed by atoms with E-state index in [1.165, 1.54) is 7.11 Å². The van der Waals surface area contributed by atoms with Gasteiger partial charge in [-0.05, 0) is 47.0 Å². The molecule has 34 heavy (non-hydrogen) atoms. The highest BCUT2D eigenvalue weighted by molar-refractivity contribution is 6.31. The van der Waals surface area contributed by atoms with E-state index in [9.17, 15) is 4.79 Å². The standard InChI is InChI=1S/C30H22ClNO2/c1-34-30(33)27-19-23(31)17-18-25(27)26-20-28(21-11-5-2-6-12-21)32(24-15-9-4-10-16-24)29(26)22-13-7-3-8-14-22/h2-20H,1H3. The molecule has 0 saturated carbocycles. The van der Waals surface area contributed by atoms with Crippen LogP contribution >= 0.6 is 11.6 Å². The Morgan fingerprint density at radius 2 is 1.29 bits per heavy atom. The van der Waals surface area contributed by atoms with Crippen LogP contribution in [0.25, 0.3) is 39.3 Å². The van der Waals surface area contributed by atoms with Crippen molar-refractivity contribution < 1.29 is 9.53 Å². The maximum Gasteiger partial charge on any atom is 0.338 e. The molecule has 1 heterocycles. The minimum Gasteiger partial charge on any atom is -0.465 e. The minimum atomic E-state index is -0.426. The maximum atomic E-state index is 12.8. The molecule has 0 fully saturated rings. The van der Waals surface area contributed by atoms with Crippen molar-refractivity contribution in [3.05, 3.63) is 126 Å². The molecule has 3 nitrogen and oxygen atoms in total. The van der Waals surface area contributed by atoms with E-state index >= 15 is 0 Å². The van der Waals surface area contributed by atoms with Crippen LogP contribution in [0.3, 0.4) is 0 Å². The number of ether oxygens (including phenoxy) is 1. The Hall–Kier alpha value is -4.08. The molecule has 0 N–H and O–H groups in total. The highest BCUT2D eigenvalue weighted by atomic mass is 35.5. The summed E-state index contributed by atoms with van der Waals surface area (Å²) in [4.78, 5) is 12.8. The van der Waals surface area contributed by atoms with Crippen LogP contribution < -0.4 is 0 Å². The van der Waals surface area contributed by atoms with Crippen LogP contribution in [-0.4, -0.2) is 17.6 Å². The zero-order valence-corrected chi connectivity index (χ0v) is 19.4. The van der Waals surface area contributed by atoms with E-state index in [0.29, 0.717) is 10.6 Å². The molecule has 0 unspecified atom stereocenters. The van der Waals surface area contributed by atoms with E-state index in [0.717, 1.165) is 39.3 Å². The molecular formula is C30H22ClNO2. The van der Waals surface area contributed by atoms with Crippen molar-refractivity contribution in [3.8, 4) is 39.3 Å². The number of para-hydroxylation sites is 1. The molecule has 0 aliphatic carbocycles. The first-order valence-electron chi connectivity index (χ1n) is 11.0. The molecule has 0 radical (unpaired) electrons. The zero-order valence-electron chi connectivity index (χ0n) is 18.6. The lowest BCUT2D eigenvalue weighted by Gasteiger charge is -2.16. The summed E-state index contributed by atoms with van der Waals surface area (Å²) in [6, 6.07) is 38.2. The van der Waals surface area contributed by atoms with Crippen LogP contribution in [0.2, 0.25) is 5.02 Å². The van der Waals surface area contributed by atoms with Gasteiger partial charge in [-0.1, -0.05) is 96.5 Å². The number of carbonyl (C=O) groups is 1. The third kappa shape index (κ3) is 4.02. The first-order chi connectivity index (χ1) is 16.7. The predicted molar refractivity (Wildman–Crippen MR) is 138 cm³/mol. The summed E-state index contributed by atoms with van der Waals surface area (Å²) in [6.45, 7) is 0. The van der Waals surface area contributed by atoms with Gasteiger partial charge < -0.3 is 9.30 Å². The monoisotopic (exact) mass is 463 g/mol. The van der Waals surface area contributed by atoms with Crippen molar-refractivity contribution in [2.45, 2.75) is 0 Å². The second-order valence-corrected chi connectivity index (χ2v) is 8.31. The van der Waals surface area contributed by atoms with Gasteiger partial charge in [0.25, 0.3) is 0 Å². The molecule has 0 atom stereocenters. The minimum absolute atomic E-state index is 0.426. The lowest BCUT2D eigenvalue weighted by Crippen LogP contribution is -2.04. The topological polar surface area (TPSA) is 31.2 Å². The van der Waals surface area contributed by atoms with Gasteiger partial charge in [0.2, 0.25) is 0 Å². The summed E-state index contributed by atoms with van der Waals surface area (Å²) in [5.41, 5.74) is 7.26. The van der Waals surface area contributed by atoms with Gasteiger partial charge >= 0.3 is 5.97 Å². The number of hydrogen-bond acceptors (Lipinski definition) is 2. The van der Waals surface area contributed by atoms with Crippen LogP contribution in [0.4, 0.5) is 0 Å². The smallest absolute Gasteiger partial charge is 0.338 e. The number of benzene rings is 4. The Balaban J connectivity index is 1.91.